The molecule has 18 nitrogen and oxygen atoms in total. The molecule has 0 spiro atoms. The van der Waals surface area contributed by atoms with Crippen LogP contribution in [0.5, 0.6) is 0 Å². The molecule has 0 radical (unpaired) electrons. The maximum absolute atomic E-state index is 13.0. The number of hydrogen-bond acceptors (Lipinski definition) is 14. The number of nitrogens with zero attached hydrogens (tertiary/aromatic N) is 3. The number of nitrogens with two attached hydrogens (primary N) is 3. The summed E-state index contributed by atoms with van der Waals surface area (Å²) in [5, 5.41) is 7.20. The van der Waals surface area contributed by atoms with E-state index in [0.29, 0.717) is 38.8 Å². The van der Waals surface area contributed by atoms with E-state index >= 15 is 0 Å². The highest BCUT2D eigenvalue weighted by Gasteiger charge is 2.57. The van der Waals surface area contributed by atoms with Gasteiger partial charge in [-0.15, -0.1) is 12.4 Å². The number of fused-ring (bicyclic) bond motifs is 2. The Morgan fingerprint density at radius 1 is 0.737 bits per heavy atom. The Morgan fingerprint density at radius 2 is 1.14 bits per heavy atom. The lowest BCUT2D eigenvalue weighted by atomic mass is 9.82. The van der Waals surface area contributed by atoms with Gasteiger partial charge in [0.2, 0.25) is 17.7 Å². The summed E-state index contributed by atoms with van der Waals surface area (Å²) < 4.78 is 3.08. The third-order valence-corrected chi connectivity index (χ3v) is 10.1. The van der Waals surface area contributed by atoms with Crippen LogP contribution in [-0.2, 0) is 36.4 Å². The molecular weight excluding hydrogens is 782 g/mol. The number of piperidine rings is 2. The van der Waals surface area contributed by atoms with Gasteiger partial charge >= 0.3 is 0 Å². The maximum atomic E-state index is 13.0. The summed E-state index contributed by atoms with van der Waals surface area (Å²) in [5.41, 5.74) is 15.4. The number of nitrogens with one attached hydrogen (secondary N) is 3. The lowest BCUT2D eigenvalue weighted by Gasteiger charge is -2.41. The van der Waals surface area contributed by atoms with E-state index in [0.717, 1.165) is 9.80 Å². The van der Waals surface area contributed by atoms with Gasteiger partial charge in [0.25, 0.3) is 35.4 Å². The molecule has 2 saturated heterocycles. The van der Waals surface area contributed by atoms with Crippen molar-refractivity contribution < 1.29 is 43.2 Å². The molecule has 9 N–H and O–H groups in total. The van der Waals surface area contributed by atoms with Crippen molar-refractivity contribution >= 4 is 89.4 Å². The summed E-state index contributed by atoms with van der Waals surface area (Å²) in [6, 6.07) is 9.26. The largest absolute Gasteiger partial charge is 0.398 e. The van der Waals surface area contributed by atoms with E-state index in [1.54, 1.807) is 25.2 Å². The maximum Gasteiger partial charge on any atom is 0.264 e. The highest BCUT2D eigenvalue weighted by molar-refractivity contribution is 7.47. The van der Waals surface area contributed by atoms with Gasteiger partial charge in [-0.1, -0.05) is 12.1 Å². The number of rotatable bonds is 11. The van der Waals surface area contributed by atoms with E-state index in [2.05, 4.69) is 32.7 Å². The number of anilines is 2. The minimum atomic E-state index is -1.45. The molecule has 9 amide bonds. The summed E-state index contributed by atoms with van der Waals surface area (Å²) in [6.07, 6.45) is 2.95. The summed E-state index contributed by atoms with van der Waals surface area (Å²) >= 11 is 4.02. The van der Waals surface area contributed by atoms with Gasteiger partial charge in [-0.05, 0) is 82.2 Å². The molecule has 0 saturated carbocycles. The predicted molar refractivity (Wildman–Crippen MR) is 211 cm³/mol. The monoisotopic (exact) mass is 827 g/mol. The Morgan fingerprint density at radius 3 is 1.49 bits per heavy atom. The number of unbranched alkanes of at least 4 members (excludes halogenated alkanes) is 2. The zero-order valence-electron chi connectivity index (χ0n) is 31.5. The van der Waals surface area contributed by atoms with E-state index < -0.39 is 58.3 Å². The van der Waals surface area contributed by atoms with Crippen LogP contribution in [0, 0.1) is 0 Å². The third kappa shape index (κ3) is 9.16. The molecule has 57 heavy (non-hydrogen) atoms. The minimum absolute atomic E-state index is 0. The Bertz CT molecular complexity index is 2000. The number of halogens is 1. The van der Waals surface area contributed by atoms with Crippen LogP contribution in [0.3, 0.4) is 0 Å². The van der Waals surface area contributed by atoms with E-state index in [1.807, 2.05) is 0 Å². The second-order valence-corrected chi connectivity index (χ2v) is 14.0. The van der Waals surface area contributed by atoms with Crippen molar-refractivity contribution in [1.82, 2.24) is 25.8 Å². The fourth-order valence-corrected chi connectivity index (χ4v) is 7.38. The van der Waals surface area contributed by atoms with Crippen LogP contribution in [0.1, 0.15) is 113 Å². The number of hydrogen-bond donors (Lipinski definition) is 6. The quantitative estimate of drug-likeness (QED) is 0.106. The van der Waals surface area contributed by atoms with Gasteiger partial charge in [0, 0.05) is 57.2 Å². The average molecular weight is 828 g/mol. The predicted octanol–water partition coefficient (Wildman–Crippen LogP) is 1.28. The number of carbonyl (C=O) groups is 9. The highest BCUT2D eigenvalue weighted by Crippen LogP contribution is 2.40. The molecular formula is C37H46ClN9O9S. The Hall–Kier alpha value is -5.66. The lowest BCUT2D eigenvalue weighted by molar-refractivity contribution is -0.143. The number of imide groups is 4. The molecule has 2 unspecified atom stereocenters. The van der Waals surface area contributed by atoms with E-state index in [-0.39, 0.29) is 90.5 Å². The summed E-state index contributed by atoms with van der Waals surface area (Å²) in [6.45, 7) is 2.26. The first-order valence-corrected chi connectivity index (χ1v) is 18.4. The van der Waals surface area contributed by atoms with Gasteiger partial charge in [0.05, 0.1) is 22.3 Å². The van der Waals surface area contributed by atoms with Crippen molar-refractivity contribution in [2.75, 3.05) is 31.6 Å². The number of amides is 9. The molecule has 20 heteroatoms. The second-order valence-electron chi connectivity index (χ2n) is 13.6. The fraction of sp³-hybridized carbons (Fsp3) is 0.432. The van der Waals surface area contributed by atoms with Crippen molar-refractivity contribution in [2.24, 2.45) is 10.1 Å². The van der Waals surface area contributed by atoms with Crippen molar-refractivity contribution in [1.29, 1.82) is 0 Å². The first-order valence-electron chi connectivity index (χ1n) is 18.0. The summed E-state index contributed by atoms with van der Waals surface area (Å²) in [4.78, 5) is 114. The van der Waals surface area contributed by atoms with Crippen LogP contribution in [0.2, 0.25) is 0 Å². The SMILES string of the molecule is CC(=O)NCCCCC1(N2C(=O)c3cccc(N)c3C2=O)CCC(=O)NC1=O.CN=S.Cl.NCCCCC1(N2C(=O)c3cccc(N)c3C2=O)CCC(=O)NC1=O. The standard InChI is InChI=1S/C19H22N4O5.C17H20N4O4.CH3NS.ClH/c1-11(24)21-10-3-2-8-19(9-7-14(25)22-18(19)28)23-16(26)12-5-4-6-13(20)15(12)17(23)27;18-9-2-1-7-17(8-6-12(22)20-16(17)25)21-14(23)10-4-3-5-11(19)13(10)15(21)24;1-2-3;/h4-6H,2-3,7-10,20H2,1H3,(H,21,24)(H,22,25,28);3-5H,1-2,6-9,18-19H2,(H,20,22,25);1H3;1H. The van der Waals surface area contributed by atoms with Gasteiger partial charge in [-0.2, -0.15) is 0 Å². The zero-order valence-corrected chi connectivity index (χ0v) is 33.1. The molecule has 2 aromatic carbocycles. The molecule has 2 fully saturated rings. The van der Waals surface area contributed by atoms with Crippen LogP contribution in [0.15, 0.2) is 40.8 Å². The molecule has 4 heterocycles. The molecule has 2 aromatic rings. The molecule has 306 valence electrons. The second kappa shape index (κ2) is 19.5. The topological polar surface area (TPSA) is 287 Å². The first kappa shape index (κ1) is 45.7. The molecule has 4 aliphatic rings. The molecule has 4 aliphatic heterocycles. The number of carbonyl (C=O) groups excluding carboxylic acids is 9. The van der Waals surface area contributed by atoms with Gasteiger partial charge in [0.15, 0.2) is 0 Å². The number of nitrogen functional groups attached to an aromatic ring is 2. The fourth-order valence-electron chi connectivity index (χ4n) is 7.38. The Labute approximate surface area is 339 Å². The van der Waals surface area contributed by atoms with Crippen LogP contribution in [0.4, 0.5) is 11.4 Å². The molecule has 0 bridgehead atoms. The first-order chi connectivity index (χ1) is 26.6. The summed E-state index contributed by atoms with van der Waals surface area (Å²) in [7, 11) is 1.56. The van der Waals surface area contributed by atoms with E-state index in [9.17, 15) is 43.2 Å². The van der Waals surface area contributed by atoms with Crippen LogP contribution in [-0.4, -0.2) is 94.2 Å². The minimum Gasteiger partial charge on any atom is -0.398 e. The normalized spacial score (nSPS) is 20.9. The van der Waals surface area contributed by atoms with Crippen molar-refractivity contribution in [3.8, 4) is 0 Å². The molecule has 2 atom stereocenters. The van der Waals surface area contributed by atoms with Crippen molar-refractivity contribution in [3.05, 3.63) is 58.7 Å². The lowest BCUT2D eigenvalue weighted by Crippen LogP contribution is -2.64. The van der Waals surface area contributed by atoms with Gasteiger partial charge in [0.1, 0.15) is 11.1 Å². The zero-order chi connectivity index (χ0) is 41.4. The van der Waals surface area contributed by atoms with E-state index in [4.69, 9.17) is 17.2 Å². The average Bonchev–Trinajstić information content (AvgIpc) is 3.56. The van der Waals surface area contributed by atoms with Crippen molar-refractivity contribution in [3.63, 3.8) is 0 Å². The smallest absolute Gasteiger partial charge is 0.264 e. The van der Waals surface area contributed by atoms with Gasteiger partial charge in [-0.3, -0.25) is 63.6 Å². The molecule has 0 aliphatic carbocycles. The van der Waals surface area contributed by atoms with E-state index in [1.165, 1.54) is 25.1 Å². The third-order valence-electron chi connectivity index (χ3n) is 10.1. The van der Waals surface area contributed by atoms with Crippen LogP contribution < -0.4 is 33.2 Å². The highest BCUT2D eigenvalue weighted by atomic mass is 35.5. The number of benzene rings is 2. The van der Waals surface area contributed by atoms with Crippen LogP contribution >= 0.6 is 12.4 Å². The Balaban J connectivity index is 0.000000283. The molecule has 6 rings (SSSR count). The molecule has 0 aromatic heterocycles. The summed E-state index contributed by atoms with van der Waals surface area (Å²) in [5.74, 6) is -4.62. The van der Waals surface area contributed by atoms with Gasteiger partial charge in [-0.25, -0.2) is 4.36 Å². The Kier molecular flexibility index (Phi) is 15.6. The van der Waals surface area contributed by atoms with Crippen molar-refractivity contribution in [2.45, 2.75) is 82.2 Å². The van der Waals surface area contributed by atoms with Gasteiger partial charge < -0.3 is 22.5 Å². The van der Waals surface area contributed by atoms with Crippen LogP contribution in [0.25, 0.3) is 0 Å².